The molecule has 0 amide bonds. The monoisotopic (exact) mass is 222 g/mol. The third kappa shape index (κ3) is 3.30. The third-order valence-corrected chi connectivity index (χ3v) is 3.45. The lowest BCUT2D eigenvalue weighted by atomic mass is 9.75. The molecule has 0 unspecified atom stereocenters. The third-order valence-electron chi connectivity index (χ3n) is 3.45. The smallest absolute Gasteiger partial charge is 0.0692 e. The fraction of sp³-hybridized carbons (Fsp3) is 0.833. The summed E-state index contributed by atoms with van der Waals surface area (Å²) in [6.07, 6.45) is 8.98. The quantitative estimate of drug-likeness (QED) is 0.845. The first-order chi connectivity index (χ1) is 7.66. The molecule has 1 saturated carbocycles. The maximum Gasteiger partial charge on any atom is 0.0692 e. The van der Waals surface area contributed by atoms with E-state index in [1.165, 1.54) is 25.7 Å². The van der Waals surface area contributed by atoms with Crippen molar-refractivity contribution in [3.63, 3.8) is 0 Å². The first-order valence-corrected chi connectivity index (χ1v) is 6.23. The summed E-state index contributed by atoms with van der Waals surface area (Å²) in [4.78, 5) is 0. The fourth-order valence-corrected chi connectivity index (χ4v) is 2.61. The van der Waals surface area contributed by atoms with E-state index in [9.17, 15) is 0 Å². The van der Waals surface area contributed by atoms with Crippen molar-refractivity contribution in [2.45, 2.75) is 52.1 Å². The lowest BCUT2D eigenvalue weighted by Crippen LogP contribution is -2.38. The van der Waals surface area contributed by atoms with Gasteiger partial charge in [0.15, 0.2) is 0 Å². The zero-order chi connectivity index (χ0) is 11.4. The summed E-state index contributed by atoms with van der Waals surface area (Å²) in [7, 11) is 0. The van der Waals surface area contributed by atoms with Crippen molar-refractivity contribution in [1.82, 2.24) is 20.3 Å². The Labute approximate surface area is 97.4 Å². The molecule has 1 heterocycles. The van der Waals surface area contributed by atoms with Gasteiger partial charge in [0, 0.05) is 18.8 Å². The number of hydrogen-bond acceptors (Lipinski definition) is 3. The van der Waals surface area contributed by atoms with Crippen molar-refractivity contribution in [3.8, 4) is 0 Å². The lowest BCUT2D eigenvalue weighted by molar-refractivity contribution is 0.197. The van der Waals surface area contributed by atoms with Crippen LogP contribution in [0.5, 0.6) is 0 Å². The molecule has 0 spiro atoms. The second-order valence-electron chi connectivity index (χ2n) is 5.58. The molecule has 4 heteroatoms. The van der Waals surface area contributed by atoms with Crippen LogP contribution in [-0.4, -0.2) is 27.6 Å². The summed E-state index contributed by atoms with van der Waals surface area (Å²) < 4.78 is 1.88. The summed E-state index contributed by atoms with van der Waals surface area (Å²) >= 11 is 0. The molecule has 90 valence electrons. The van der Waals surface area contributed by atoms with Gasteiger partial charge in [-0.05, 0) is 24.7 Å². The molecular formula is C12H22N4. The Morgan fingerprint density at radius 1 is 1.50 bits per heavy atom. The zero-order valence-electron chi connectivity index (χ0n) is 10.3. The molecule has 1 fully saturated rings. The van der Waals surface area contributed by atoms with Crippen molar-refractivity contribution in [3.05, 3.63) is 12.4 Å². The number of hydrogen-bond donors (Lipinski definition) is 1. The molecule has 0 aromatic carbocycles. The van der Waals surface area contributed by atoms with Gasteiger partial charge >= 0.3 is 0 Å². The highest BCUT2D eigenvalue weighted by Crippen LogP contribution is 2.34. The first-order valence-electron chi connectivity index (χ1n) is 6.23. The van der Waals surface area contributed by atoms with Gasteiger partial charge in [0.2, 0.25) is 0 Å². The van der Waals surface area contributed by atoms with E-state index in [2.05, 4.69) is 29.5 Å². The Hall–Kier alpha value is -0.900. The van der Waals surface area contributed by atoms with Crippen LogP contribution in [0.3, 0.4) is 0 Å². The molecule has 1 aliphatic rings. The molecule has 0 aliphatic heterocycles. The first kappa shape index (κ1) is 11.6. The second-order valence-corrected chi connectivity index (χ2v) is 5.58. The number of nitrogens with one attached hydrogen (secondary N) is 1. The van der Waals surface area contributed by atoms with Crippen LogP contribution in [0.25, 0.3) is 0 Å². The molecule has 1 aromatic rings. The van der Waals surface area contributed by atoms with Crippen molar-refractivity contribution in [2.24, 2.45) is 5.41 Å². The molecule has 1 aromatic heterocycles. The number of aromatic nitrogens is 3. The van der Waals surface area contributed by atoms with Gasteiger partial charge in [-0.15, -0.1) is 5.10 Å². The minimum absolute atomic E-state index is 0.517. The van der Waals surface area contributed by atoms with Gasteiger partial charge in [-0.1, -0.05) is 25.5 Å². The Morgan fingerprint density at radius 2 is 2.38 bits per heavy atom. The Morgan fingerprint density at radius 3 is 3.06 bits per heavy atom. The van der Waals surface area contributed by atoms with Crippen molar-refractivity contribution in [2.75, 3.05) is 6.54 Å². The second kappa shape index (κ2) is 4.95. The van der Waals surface area contributed by atoms with Gasteiger partial charge in [-0.3, -0.25) is 4.68 Å². The molecule has 4 nitrogen and oxygen atoms in total. The van der Waals surface area contributed by atoms with Crippen LogP contribution in [0.4, 0.5) is 0 Å². The summed E-state index contributed by atoms with van der Waals surface area (Å²) in [6.45, 7) is 6.65. The van der Waals surface area contributed by atoms with Crippen LogP contribution in [0.15, 0.2) is 12.4 Å². The van der Waals surface area contributed by atoms with Gasteiger partial charge in [0.1, 0.15) is 0 Å². The maximum atomic E-state index is 3.95. The highest BCUT2D eigenvalue weighted by atomic mass is 15.4. The molecule has 1 N–H and O–H groups in total. The van der Waals surface area contributed by atoms with Crippen LogP contribution in [0, 0.1) is 5.41 Å². The maximum absolute atomic E-state index is 3.95. The van der Waals surface area contributed by atoms with Gasteiger partial charge < -0.3 is 5.32 Å². The largest absolute Gasteiger partial charge is 0.312 e. The van der Waals surface area contributed by atoms with Crippen molar-refractivity contribution >= 4 is 0 Å². The number of rotatable bonds is 4. The van der Waals surface area contributed by atoms with E-state index >= 15 is 0 Å². The lowest BCUT2D eigenvalue weighted by Gasteiger charge is -2.35. The van der Waals surface area contributed by atoms with E-state index in [0.717, 1.165) is 13.1 Å². The molecule has 0 bridgehead atoms. The predicted octanol–water partition coefficient (Wildman–Crippen LogP) is 1.84. The molecular weight excluding hydrogens is 200 g/mol. The minimum Gasteiger partial charge on any atom is -0.312 e. The van der Waals surface area contributed by atoms with E-state index in [-0.39, 0.29) is 0 Å². The van der Waals surface area contributed by atoms with Gasteiger partial charge in [-0.2, -0.15) is 0 Å². The van der Waals surface area contributed by atoms with Gasteiger partial charge in [0.05, 0.1) is 12.7 Å². The summed E-state index contributed by atoms with van der Waals surface area (Å²) in [5.41, 5.74) is 0.517. The predicted molar refractivity (Wildman–Crippen MR) is 64.1 cm³/mol. The van der Waals surface area contributed by atoms with Crippen LogP contribution in [0.1, 0.15) is 39.5 Å². The van der Waals surface area contributed by atoms with E-state index in [1.54, 1.807) is 6.20 Å². The van der Waals surface area contributed by atoms with Gasteiger partial charge in [-0.25, -0.2) is 0 Å². The Bertz CT molecular complexity index is 305. The SMILES string of the molecule is CC1(C)CCC[C@H](NCCn2ccnn2)C1. The fourth-order valence-electron chi connectivity index (χ4n) is 2.61. The summed E-state index contributed by atoms with van der Waals surface area (Å²) in [5, 5.41) is 11.4. The molecule has 2 rings (SSSR count). The highest BCUT2D eigenvalue weighted by Gasteiger charge is 2.27. The molecule has 16 heavy (non-hydrogen) atoms. The highest BCUT2D eigenvalue weighted by molar-refractivity contribution is 4.83. The van der Waals surface area contributed by atoms with Crippen LogP contribution >= 0.6 is 0 Å². The summed E-state index contributed by atoms with van der Waals surface area (Å²) in [5.74, 6) is 0. The summed E-state index contributed by atoms with van der Waals surface area (Å²) in [6, 6.07) is 0.687. The Balaban J connectivity index is 1.70. The average molecular weight is 222 g/mol. The molecule has 0 radical (unpaired) electrons. The standard InChI is InChI=1S/C12H22N4/c1-12(2)5-3-4-11(10-12)13-6-8-16-9-7-14-15-16/h7,9,11,13H,3-6,8,10H2,1-2H3/t11-/m0/s1. The van der Waals surface area contributed by atoms with E-state index in [1.807, 2.05) is 10.9 Å². The topological polar surface area (TPSA) is 42.7 Å². The van der Waals surface area contributed by atoms with E-state index in [0.29, 0.717) is 11.5 Å². The number of nitrogens with zero attached hydrogens (tertiary/aromatic N) is 3. The van der Waals surface area contributed by atoms with Crippen molar-refractivity contribution in [1.29, 1.82) is 0 Å². The van der Waals surface area contributed by atoms with Crippen LogP contribution < -0.4 is 5.32 Å². The molecule has 1 atom stereocenters. The normalized spacial score (nSPS) is 24.5. The minimum atomic E-state index is 0.517. The Kier molecular flexibility index (Phi) is 3.59. The molecule has 0 saturated heterocycles. The van der Waals surface area contributed by atoms with E-state index < -0.39 is 0 Å². The van der Waals surface area contributed by atoms with Gasteiger partial charge in [0.25, 0.3) is 0 Å². The van der Waals surface area contributed by atoms with Crippen LogP contribution in [-0.2, 0) is 6.54 Å². The average Bonchev–Trinajstić information content (AvgIpc) is 2.69. The van der Waals surface area contributed by atoms with E-state index in [4.69, 9.17) is 0 Å². The van der Waals surface area contributed by atoms with Crippen molar-refractivity contribution < 1.29 is 0 Å². The molecule has 1 aliphatic carbocycles. The van der Waals surface area contributed by atoms with Crippen LogP contribution in [0.2, 0.25) is 0 Å². The zero-order valence-corrected chi connectivity index (χ0v) is 10.3.